The molecule has 0 N–H and O–H groups in total. The van der Waals surface area contributed by atoms with Crippen LogP contribution in [0.3, 0.4) is 0 Å². The van der Waals surface area contributed by atoms with Gasteiger partial charge in [0, 0.05) is 0 Å². The maximum atomic E-state index is 9.84. The third kappa shape index (κ3) is 2.86. The van der Waals surface area contributed by atoms with Crippen LogP contribution in [0.4, 0.5) is 0 Å². The van der Waals surface area contributed by atoms with E-state index >= 15 is 0 Å². The Hall–Kier alpha value is -0.240. The SMILES string of the molecule is CCC(=CC=O)SC. The second-order valence-corrected chi connectivity index (χ2v) is 2.26. The average Bonchev–Trinajstić information content (AvgIpc) is 1.83. The predicted octanol–water partition coefficient (Wildman–Crippen LogP) is 1.84. The molecule has 0 bridgehead atoms. The lowest BCUT2D eigenvalue weighted by Crippen LogP contribution is -1.71. The van der Waals surface area contributed by atoms with Gasteiger partial charge < -0.3 is 0 Å². The molecule has 0 spiro atoms. The Morgan fingerprint density at radius 1 is 1.75 bits per heavy atom. The number of allylic oxidation sites excluding steroid dienone is 2. The maximum Gasteiger partial charge on any atom is 0.143 e. The van der Waals surface area contributed by atoms with Crippen LogP contribution in [0.2, 0.25) is 0 Å². The Morgan fingerprint density at radius 2 is 2.38 bits per heavy atom. The molecule has 0 atom stereocenters. The van der Waals surface area contributed by atoms with Gasteiger partial charge in [-0.2, -0.15) is 0 Å². The van der Waals surface area contributed by atoms with E-state index in [9.17, 15) is 4.79 Å². The predicted molar refractivity (Wildman–Crippen MR) is 38.0 cm³/mol. The summed E-state index contributed by atoms with van der Waals surface area (Å²) >= 11 is 1.62. The van der Waals surface area contributed by atoms with E-state index in [4.69, 9.17) is 0 Å². The summed E-state index contributed by atoms with van der Waals surface area (Å²) in [6.45, 7) is 2.03. The van der Waals surface area contributed by atoms with Crippen molar-refractivity contribution >= 4 is 18.0 Å². The van der Waals surface area contributed by atoms with Gasteiger partial charge in [-0.3, -0.25) is 4.79 Å². The molecule has 0 aromatic carbocycles. The minimum Gasteiger partial charge on any atom is -0.299 e. The summed E-state index contributed by atoms with van der Waals surface area (Å²) in [6.07, 6.45) is 5.36. The summed E-state index contributed by atoms with van der Waals surface area (Å²) in [4.78, 5) is 11.0. The molecule has 1 nitrogen and oxygen atoms in total. The molecule has 0 unspecified atom stereocenters. The van der Waals surface area contributed by atoms with E-state index in [0.29, 0.717) is 0 Å². The molecule has 0 aliphatic rings. The van der Waals surface area contributed by atoms with Crippen LogP contribution < -0.4 is 0 Å². The zero-order valence-corrected chi connectivity index (χ0v) is 5.99. The van der Waals surface area contributed by atoms with Gasteiger partial charge in [0.15, 0.2) is 0 Å². The number of thioether (sulfide) groups is 1. The Balaban J connectivity index is 3.66. The highest BCUT2D eigenvalue weighted by Gasteiger charge is 1.85. The van der Waals surface area contributed by atoms with E-state index in [1.165, 1.54) is 0 Å². The maximum absolute atomic E-state index is 9.84. The first kappa shape index (κ1) is 7.76. The molecule has 0 heterocycles. The van der Waals surface area contributed by atoms with Crippen LogP contribution in [0.15, 0.2) is 11.0 Å². The van der Waals surface area contributed by atoms with Crippen LogP contribution in [-0.2, 0) is 4.79 Å². The molecule has 0 aromatic heterocycles. The summed E-state index contributed by atoms with van der Waals surface area (Å²) < 4.78 is 0. The van der Waals surface area contributed by atoms with Gasteiger partial charge in [0.1, 0.15) is 6.29 Å². The molecule has 0 rings (SSSR count). The minimum absolute atomic E-state index is 0.829. The fourth-order valence-corrected chi connectivity index (χ4v) is 0.886. The molecule has 0 aliphatic heterocycles. The lowest BCUT2D eigenvalue weighted by atomic mass is 10.4. The molecule has 0 saturated carbocycles. The first-order valence-electron chi connectivity index (χ1n) is 2.53. The fourth-order valence-electron chi connectivity index (χ4n) is 0.406. The number of hydrogen-bond acceptors (Lipinski definition) is 2. The number of rotatable bonds is 3. The lowest BCUT2D eigenvalue weighted by molar-refractivity contribution is -0.104. The zero-order valence-electron chi connectivity index (χ0n) is 5.18. The van der Waals surface area contributed by atoms with Crippen LogP contribution >= 0.6 is 11.8 Å². The highest BCUT2D eigenvalue weighted by Crippen LogP contribution is 2.13. The average molecular weight is 130 g/mol. The number of carbonyl (C=O) groups is 1. The quantitative estimate of drug-likeness (QED) is 0.428. The van der Waals surface area contributed by atoms with Crippen molar-refractivity contribution < 1.29 is 4.79 Å². The molecule has 0 saturated heterocycles. The summed E-state index contributed by atoms with van der Waals surface area (Å²) in [5, 5.41) is 0. The first-order chi connectivity index (χ1) is 3.85. The monoisotopic (exact) mass is 130 g/mol. The van der Waals surface area contributed by atoms with Gasteiger partial charge in [0.2, 0.25) is 0 Å². The summed E-state index contributed by atoms with van der Waals surface area (Å²) in [6, 6.07) is 0. The lowest BCUT2D eigenvalue weighted by Gasteiger charge is -1.92. The highest BCUT2D eigenvalue weighted by molar-refractivity contribution is 8.02. The van der Waals surface area contributed by atoms with Crippen molar-refractivity contribution in [3.8, 4) is 0 Å². The van der Waals surface area contributed by atoms with Gasteiger partial charge in [0.25, 0.3) is 0 Å². The van der Waals surface area contributed by atoms with Crippen LogP contribution in [0, 0.1) is 0 Å². The van der Waals surface area contributed by atoms with E-state index in [1.54, 1.807) is 17.8 Å². The molecule has 0 amide bonds. The molecule has 0 fully saturated rings. The third-order valence-corrected chi connectivity index (χ3v) is 1.81. The van der Waals surface area contributed by atoms with Gasteiger partial charge in [0.05, 0.1) is 0 Å². The van der Waals surface area contributed by atoms with Gasteiger partial charge in [-0.1, -0.05) is 6.92 Å². The summed E-state index contributed by atoms with van der Waals surface area (Å²) in [5.41, 5.74) is 0. The van der Waals surface area contributed by atoms with Gasteiger partial charge in [-0.05, 0) is 23.7 Å². The molecule has 0 aromatic rings. The van der Waals surface area contributed by atoms with Crippen molar-refractivity contribution in [2.45, 2.75) is 13.3 Å². The van der Waals surface area contributed by atoms with Crippen molar-refractivity contribution in [3.05, 3.63) is 11.0 Å². The Kier molecular flexibility index (Phi) is 4.76. The van der Waals surface area contributed by atoms with Crippen LogP contribution in [0.1, 0.15) is 13.3 Å². The number of aldehydes is 1. The van der Waals surface area contributed by atoms with Crippen LogP contribution in [0.5, 0.6) is 0 Å². The van der Waals surface area contributed by atoms with E-state index in [1.807, 2.05) is 13.2 Å². The topological polar surface area (TPSA) is 17.1 Å². The molecule has 0 radical (unpaired) electrons. The van der Waals surface area contributed by atoms with Crippen molar-refractivity contribution in [2.24, 2.45) is 0 Å². The fraction of sp³-hybridized carbons (Fsp3) is 0.500. The Morgan fingerprint density at radius 3 is 2.50 bits per heavy atom. The first-order valence-corrected chi connectivity index (χ1v) is 3.76. The van der Waals surface area contributed by atoms with Crippen molar-refractivity contribution in [1.29, 1.82) is 0 Å². The summed E-state index contributed by atoms with van der Waals surface area (Å²) in [7, 11) is 0. The number of hydrogen-bond donors (Lipinski definition) is 0. The van der Waals surface area contributed by atoms with Gasteiger partial charge in [-0.25, -0.2) is 0 Å². The van der Waals surface area contributed by atoms with Crippen LogP contribution in [-0.4, -0.2) is 12.5 Å². The highest BCUT2D eigenvalue weighted by atomic mass is 32.2. The second kappa shape index (κ2) is 4.91. The van der Waals surface area contributed by atoms with Crippen molar-refractivity contribution in [1.82, 2.24) is 0 Å². The van der Waals surface area contributed by atoms with Crippen molar-refractivity contribution in [3.63, 3.8) is 0 Å². The molecule has 8 heavy (non-hydrogen) atoms. The van der Waals surface area contributed by atoms with E-state index in [-0.39, 0.29) is 0 Å². The van der Waals surface area contributed by atoms with E-state index < -0.39 is 0 Å². The molecular weight excluding hydrogens is 120 g/mol. The largest absolute Gasteiger partial charge is 0.299 e. The van der Waals surface area contributed by atoms with E-state index in [2.05, 4.69) is 0 Å². The van der Waals surface area contributed by atoms with Crippen molar-refractivity contribution in [2.75, 3.05) is 6.26 Å². The van der Waals surface area contributed by atoms with Crippen LogP contribution in [0.25, 0.3) is 0 Å². The second-order valence-electron chi connectivity index (χ2n) is 1.33. The van der Waals surface area contributed by atoms with E-state index in [0.717, 1.165) is 17.6 Å². The minimum atomic E-state index is 0.829. The summed E-state index contributed by atoms with van der Waals surface area (Å²) in [5.74, 6) is 0. The number of carbonyl (C=O) groups excluding carboxylic acids is 1. The molecule has 0 aliphatic carbocycles. The third-order valence-electron chi connectivity index (χ3n) is 0.865. The van der Waals surface area contributed by atoms with Gasteiger partial charge >= 0.3 is 0 Å². The standard InChI is InChI=1S/C6H10OS/c1-3-6(8-2)4-5-7/h4-5H,3H2,1-2H3. The normalized spacial score (nSPS) is 11.5. The van der Waals surface area contributed by atoms with Gasteiger partial charge in [-0.15, -0.1) is 11.8 Å². The Bertz CT molecular complexity index is 90.7. The molecular formula is C6H10OS. The smallest absolute Gasteiger partial charge is 0.143 e. The molecule has 46 valence electrons. The Labute approximate surface area is 54.2 Å². The molecule has 2 heteroatoms. The zero-order chi connectivity index (χ0) is 6.41.